The highest BCUT2D eigenvalue weighted by atomic mass is 32.2. The lowest BCUT2D eigenvalue weighted by atomic mass is 10.1. The summed E-state index contributed by atoms with van der Waals surface area (Å²) in [4.78, 5) is 20.9. The maximum absolute atomic E-state index is 12.6. The van der Waals surface area contributed by atoms with Crippen LogP contribution in [0.4, 0.5) is 11.5 Å². The molecule has 0 amide bonds. The molecule has 0 aliphatic carbocycles. The fraction of sp³-hybridized carbons (Fsp3) is 0.360. The number of piperazine rings is 1. The Morgan fingerprint density at radius 2 is 2.11 bits per heavy atom. The molecule has 1 fully saturated rings. The zero-order valence-electron chi connectivity index (χ0n) is 21.3. The van der Waals surface area contributed by atoms with Gasteiger partial charge in [-0.05, 0) is 45.4 Å². The van der Waals surface area contributed by atoms with E-state index in [1.807, 2.05) is 54.6 Å². The predicted molar refractivity (Wildman–Crippen MR) is 150 cm³/mol. The molecule has 5 rings (SSSR count). The van der Waals surface area contributed by atoms with Crippen LogP contribution in [0.2, 0.25) is 0 Å². The maximum Gasteiger partial charge on any atom is 0.256 e. The molecule has 2 N–H and O–H groups in total. The fourth-order valence-electron chi connectivity index (χ4n) is 4.53. The van der Waals surface area contributed by atoms with Crippen molar-refractivity contribution >= 4 is 49.9 Å². The maximum atomic E-state index is 12.6. The van der Waals surface area contributed by atoms with E-state index in [1.54, 1.807) is 24.6 Å². The molecule has 3 aromatic heterocycles. The van der Waals surface area contributed by atoms with E-state index in [4.69, 9.17) is 0 Å². The van der Waals surface area contributed by atoms with E-state index in [9.17, 15) is 8.42 Å². The van der Waals surface area contributed by atoms with Crippen LogP contribution in [0.15, 0.2) is 46.6 Å². The van der Waals surface area contributed by atoms with Gasteiger partial charge in [-0.15, -0.1) is 15.7 Å². The van der Waals surface area contributed by atoms with Gasteiger partial charge in [0.15, 0.2) is 0 Å². The third-order valence-electron chi connectivity index (χ3n) is 6.47. The number of anilines is 2. The second-order valence-corrected chi connectivity index (χ2v) is 12.1. The first-order valence-electron chi connectivity index (χ1n) is 12.2. The third-order valence-corrected chi connectivity index (χ3v) is 8.42. The van der Waals surface area contributed by atoms with Gasteiger partial charge in [0.1, 0.15) is 17.8 Å². The number of guanidine groups is 1. The Bertz CT molecular complexity index is 1560. The highest BCUT2D eigenvalue weighted by molar-refractivity contribution is 7.90. The first-order chi connectivity index (χ1) is 17.7. The number of rotatable bonds is 5. The van der Waals surface area contributed by atoms with Gasteiger partial charge in [0.25, 0.3) is 10.0 Å². The summed E-state index contributed by atoms with van der Waals surface area (Å²) in [7, 11) is -3.63. The van der Waals surface area contributed by atoms with E-state index in [1.165, 1.54) is 0 Å². The van der Waals surface area contributed by atoms with Crippen LogP contribution in [0.25, 0.3) is 22.3 Å². The van der Waals surface area contributed by atoms with Crippen LogP contribution in [0.5, 0.6) is 0 Å². The number of H-pyrrole nitrogens is 1. The standard InChI is InChI=1S/C25H30N8O2S2/c1-5-37(34,35)31-25(30-20-8-6-7-19(11-20)21-14-36-18(4)29-21)33-10-9-32(13-17(33)3)24-22-16(2)12-26-23(22)27-15-28-24/h6-8,11-12,14-15,17H,5,9-10,13H2,1-4H3,(H,30,31)(H,26,27,28)/t17-/m0/s1. The summed E-state index contributed by atoms with van der Waals surface area (Å²) in [6.07, 6.45) is 3.51. The van der Waals surface area contributed by atoms with Gasteiger partial charge in [-0.2, -0.15) is 0 Å². The number of aryl methyl sites for hydroxylation is 2. The molecule has 0 bridgehead atoms. The van der Waals surface area contributed by atoms with Gasteiger partial charge in [0.2, 0.25) is 5.96 Å². The Kier molecular flexibility index (Phi) is 6.86. The Labute approximate surface area is 220 Å². The summed E-state index contributed by atoms with van der Waals surface area (Å²) < 4.78 is 29.4. The first-order valence-corrected chi connectivity index (χ1v) is 14.7. The number of hydrogen-bond acceptors (Lipinski definition) is 7. The summed E-state index contributed by atoms with van der Waals surface area (Å²) in [5, 5.41) is 7.32. The highest BCUT2D eigenvalue weighted by Gasteiger charge is 2.29. The normalized spacial score (nSPS) is 17.0. The molecule has 10 nitrogen and oxygen atoms in total. The molecular weight excluding hydrogens is 508 g/mol. The molecule has 12 heteroatoms. The molecule has 0 spiro atoms. The second-order valence-electron chi connectivity index (χ2n) is 9.12. The third kappa shape index (κ3) is 5.30. The van der Waals surface area contributed by atoms with Crippen LogP contribution < -0.4 is 10.2 Å². The molecule has 194 valence electrons. The van der Waals surface area contributed by atoms with Crippen LogP contribution >= 0.6 is 11.3 Å². The van der Waals surface area contributed by atoms with E-state index in [0.717, 1.165) is 44.4 Å². The van der Waals surface area contributed by atoms with Crippen LogP contribution in [-0.4, -0.2) is 70.6 Å². The number of sulfonamides is 1. The van der Waals surface area contributed by atoms with Crippen molar-refractivity contribution in [2.24, 2.45) is 4.40 Å². The molecule has 1 aliphatic heterocycles. The van der Waals surface area contributed by atoms with E-state index < -0.39 is 10.0 Å². The number of aromatic amines is 1. The number of aromatic nitrogens is 4. The Morgan fingerprint density at radius 1 is 1.27 bits per heavy atom. The van der Waals surface area contributed by atoms with Gasteiger partial charge >= 0.3 is 0 Å². The lowest BCUT2D eigenvalue weighted by Crippen LogP contribution is -2.56. The van der Waals surface area contributed by atoms with E-state index in [2.05, 4.69) is 41.5 Å². The van der Waals surface area contributed by atoms with E-state index in [-0.39, 0.29) is 11.8 Å². The van der Waals surface area contributed by atoms with E-state index >= 15 is 0 Å². The minimum Gasteiger partial charge on any atom is -0.352 e. The molecule has 37 heavy (non-hydrogen) atoms. The van der Waals surface area contributed by atoms with Crippen molar-refractivity contribution < 1.29 is 8.42 Å². The summed E-state index contributed by atoms with van der Waals surface area (Å²) in [5.74, 6) is 1.14. The van der Waals surface area contributed by atoms with Gasteiger partial charge in [0.05, 0.1) is 21.8 Å². The van der Waals surface area contributed by atoms with Gasteiger partial charge in [0, 0.05) is 48.5 Å². The molecule has 1 atom stereocenters. The molecule has 1 saturated heterocycles. The average molecular weight is 539 g/mol. The SMILES string of the molecule is CCS(=O)(=O)N=C(Nc1cccc(-c2csc(C)n2)c1)N1CCN(c2ncnc3[nH]cc(C)c23)C[C@@H]1C. The van der Waals surface area contributed by atoms with E-state index in [0.29, 0.717) is 25.6 Å². The fourth-order valence-corrected chi connectivity index (χ4v) is 5.69. The summed E-state index contributed by atoms with van der Waals surface area (Å²) >= 11 is 1.59. The molecular formula is C25H30N8O2S2. The Morgan fingerprint density at radius 3 is 2.84 bits per heavy atom. The number of thiazole rings is 1. The van der Waals surface area contributed by atoms with Crippen molar-refractivity contribution in [3.63, 3.8) is 0 Å². The van der Waals surface area contributed by atoms with Crippen molar-refractivity contribution in [1.82, 2.24) is 24.8 Å². The van der Waals surface area contributed by atoms with Crippen molar-refractivity contribution in [1.29, 1.82) is 0 Å². The lowest BCUT2D eigenvalue weighted by Gasteiger charge is -2.42. The molecule has 0 saturated carbocycles. The van der Waals surface area contributed by atoms with Crippen molar-refractivity contribution in [3.8, 4) is 11.3 Å². The lowest BCUT2D eigenvalue weighted by molar-refractivity contribution is 0.297. The topological polar surface area (TPSA) is 119 Å². The van der Waals surface area contributed by atoms with Crippen LogP contribution in [0, 0.1) is 13.8 Å². The Balaban J connectivity index is 1.42. The van der Waals surface area contributed by atoms with Crippen molar-refractivity contribution in [2.45, 2.75) is 33.7 Å². The minimum atomic E-state index is -3.63. The second kappa shape index (κ2) is 10.1. The quantitative estimate of drug-likeness (QED) is 0.289. The number of hydrogen-bond donors (Lipinski definition) is 2. The minimum absolute atomic E-state index is 0.0271. The first kappa shape index (κ1) is 25.2. The zero-order chi connectivity index (χ0) is 26.2. The molecule has 4 aromatic rings. The number of nitrogens with zero attached hydrogens (tertiary/aromatic N) is 6. The predicted octanol–water partition coefficient (Wildman–Crippen LogP) is 4.03. The monoisotopic (exact) mass is 538 g/mol. The molecule has 4 heterocycles. The molecule has 1 aliphatic rings. The Hall–Kier alpha value is -3.51. The zero-order valence-corrected chi connectivity index (χ0v) is 22.9. The van der Waals surface area contributed by atoms with Gasteiger partial charge in [-0.25, -0.2) is 23.4 Å². The average Bonchev–Trinajstić information content (AvgIpc) is 3.49. The smallest absolute Gasteiger partial charge is 0.256 e. The van der Waals surface area contributed by atoms with Crippen LogP contribution in [0.1, 0.15) is 24.4 Å². The summed E-state index contributed by atoms with van der Waals surface area (Å²) in [5.41, 5.74) is 4.51. The van der Waals surface area contributed by atoms with Gasteiger partial charge in [-0.3, -0.25) is 0 Å². The highest BCUT2D eigenvalue weighted by Crippen LogP contribution is 2.28. The summed E-state index contributed by atoms with van der Waals surface area (Å²) in [6.45, 7) is 9.57. The van der Waals surface area contributed by atoms with Crippen molar-refractivity contribution in [3.05, 3.63) is 52.7 Å². The molecule has 0 unspecified atom stereocenters. The number of fused-ring (bicyclic) bond motifs is 1. The largest absolute Gasteiger partial charge is 0.352 e. The number of benzene rings is 1. The van der Waals surface area contributed by atoms with Crippen LogP contribution in [0.3, 0.4) is 0 Å². The molecule has 1 aromatic carbocycles. The van der Waals surface area contributed by atoms with Gasteiger partial charge in [-0.1, -0.05) is 12.1 Å². The van der Waals surface area contributed by atoms with Crippen molar-refractivity contribution in [2.75, 3.05) is 35.6 Å². The van der Waals surface area contributed by atoms with Gasteiger partial charge < -0.3 is 20.1 Å². The molecule has 0 radical (unpaired) electrons. The summed E-state index contributed by atoms with van der Waals surface area (Å²) in [6, 6.07) is 7.77. The van der Waals surface area contributed by atoms with Crippen LogP contribution in [-0.2, 0) is 10.0 Å². The number of nitrogens with one attached hydrogen (secondary N) is 2.